The second kappa shape index (κ2) is 11.2. The zero-order valence-electron chi connectivity index (χ0n) is 24.2. The summed E-state index contributed by atoms with van der Waals surface area (Å²) in [6.07, 6.45) is 1.84. The summed E-state index contributed by atoms with van der Waals surface area (Å²) in [7, 11) is 3.90. The van der Waals surface area contributed by atoms with Crippen LogP contribution >= 0.6 is 11.3 Å². The lowest BCUT2D eigenvalue weighted by Crippen LogP contribution is -2.40. The van der Waals surface area contributed by atoms with Gasteiger partial charge in [-0.15, -0.1) is 0 Å². The average molecular weight is 586 g/mol. The van der Waals surface area contributed by atoms with Gasteiger partial charge in [-0.3, -0.25) is 19.5 Å². The van der Waals surface area contributed by atoms with Gasteiger partial charge in [0.15, 0.2) is 4.80 Å². The molecule has 2 aromatic heterocycles. The van der Waals surface area contributed by atoms with E-state index in [9.17, 15) is 19.7 Å². The molecule has 42 heavy (non-hydrogen) atoms. The van der Waals surface area contributed by atoms with Crippen molar-refractivity contribution in [2.45, 2.75) is 33.7 Å². The Kier molecular flexibility index (Phi) is 7.70. The number of anilines is 1. The van der Waals surface area contributed by atoms with E-state index in [0.29, 0.717) is 20.6 Å². The lowest BCUT2D eigenvalue weighted by Gasteiger charge is -2.25. The molecule has 216 valence electrons. The van der Waals surface area contributed by atoms with Crippen LogP contribution in [0.3, 0.4) is 0 Å². The maximum Gasteiger partial charge on any atom is 0.338 e. The van der Waals surface area contributed by atoms with Gasteiger partial charge in [0, 0.05) is 49.0 Å². The molecule has 0 saturated heterocycles. The van der Waals surface area contributed by atoms with Crippen LogP contribution in [0, 0.1) is 24.0 Å². The quantitative estimate of drug-likeness (QED) is 0.183. The minimum absolute atomic E-state index is 0.0194. The third kappa shape index (κ3) is 5.07. The third-order valence-electron chi connectivity index (χ3n) is 7.32. The van der Waals surface area contributed by atoms with E-state index in [1.807, 2.05) is 73.8 Å². The van der Waals surface area contributed by atoms with Gasteiger partial charge < -0.3 is 14.2 Å². The minimum Gasteiger partial charge on any atom is -0.463 e. The fourth-order valence-electron chi connectivity index (χ4n) is 5.26. The van der Waals surface area contributed by atoms with E-state index in [0.717, 1.165) is 33.9 Å². The molecule has 0 N–H and O–H groups in total. The Morgan fingerprint density at radius 1 is 1.12 bits per heavy atom. The molecule has 2 aromatic carbocycles. The van der Waals surface area contributed by atoms with Crippen molar-refractivity contribution in [2.24, 2.45) is 4.99 Å². The van der Waals surface area contributed by atoms with Crippen molar-refractivity contribution in [3.63, 3.8) is 0 Å². The SMILES string of the molecule is CCOC(=O)C1=C(C)N=c2s/c(=C/c3cc(C)n(-c4ccc([N+](=O)[O-])cc4)c3C)c(=O)n2[C@@H]1c1ccc(N(C)C)cc1. The summed E-state index contributed by atoms with van der Waals surface area (Å²) >= 11 is 1.27. The molecular weight excluding hydrogens is 554 g/mol. The Balaban J connectivity index is 1.65. The maximum absolute atomic E-state index is 14.0. The molecule has 1 aliphatic heterocycles. The molecule has 1 aliphatic rings. The van der Waals surface area contributed by atoms with Gasteiger partial charge >= 0.3 is 5.97 Å². The average Bonchev–Trinajstić information content (AvgIpc) is 3.41. The number of benzene rings is 2. The number of non-ortho nitro benzene ring substituents is 1. The van der Waals surface area contributed by atoms with Crippen LogP contribution in [0.2, 0.25) is 0 Å². The van der Waals surface area contributed by atoms with Crippen molar-refractivity contribution in [3.05, 3.63) is 118 Å². The number of nitrogens with zero attached hydrogens (tertiary/aromatic N) is 5. The summed E-state index contributed by atoms with van der Waals surface area (Å²) < 4.78 is 9.44. The summed E-state index contributed by atoms with van der Waals surface area (Å²) in [5, 5.41) is 11.1. The lowest BCUT2D eigenvalue weighted by molar-refractivity contribution is -0.384. The highest BCUT2D eigenvalue weighted by atomic mass is 32.1. The normalized spacial score (nSPS) is 14.9. The predicted molar refractivity (Wildman–Crippen MR) is 163 cm³/mol. The largest absolute Gasteiger partial charge is 0.463 e. The number of nitro benzene ring substituents is 1. The number of thiazole rings is 1. The first-order valence-corrected chi connectivity index (χ1v) is 14.2. The molecule has 0 spiro atoms. The van der Waals surface area contributed by atoms with Gasteiger partial charge in [-0.05, 0) is 75.2 Å². The van der Waals surface area contributed by atoms with Gasteiger partial charge in [0.05, 0.1) is 33.4 Å². The first-order valence-electron chi connectivity index (χ1n) is 13.4. The number of rotatable bonds is 7. The van der Waals surface area contributed by atoms with Crippen molar-refractivity contribution in [2.75, 3.05) is 25.6 Å². The van der Waals surface area contributed by atoms with E-state index in [1.165, 1.54) is 23.5 Å². The molecule has 10 nitrogen and oxygen atoms in total. The summed E-state index contributed by atoms with van der Waals surface area (Å²) in [5.74, 6) is -0.499. The fraction of sp³-hybridized carbons (Fsp3) is 0.258. The highest BCUT2D eigenvalue weighted by Gasteiger charge is 2.33. The first-order chi connectivity index (χ1) is 20.0. The van der Waals surface area contributed by atoms with Gasteiger partial charge in [0.2, 0.25) is 0 Å². The molecule has 0 unspecified atom stereocenters. The second-order valence-electron chi connectivity index (χ2n) is 10.2. The minimum atomic E-state index is -0.689. The number of aryl methyl sites for hydroxylation is 1. The van der Waals surface area contributed by atoms with E-state index in [4.69, 9.17) is 4.74 Å². The van der Waals surface area contributed by atoms with Gasteiger partial charge in [-0.25, -0.2) is 9.79 Å². The van der Waals surface area contributed by atoms with Gasteiger partial charge in [-0.1, -0.05) is 23.5 Å². The number of allylic oxidation sites excluding steroid dienone is 1. The van der Waals surface area contributed by atoms with Crippen LogP contribution in [-0.2, 0) is 9.53 Å². The smallest absolute Gasteiger partial charge is 0.338 e. The highest BCUT2D eigenvalue weighted by molar-refractivity contribution is 7.07. The summed E-state index contributed by atoms with van der Waals surface area (Å²) in [6.45, 7) is 7.60. The maximum atomic E-state index is 14.0. The van der Waals surface area contributed by atoms with Gasteiger partial charge in [0.1, 0.15) is 0 Å². The van der Waals surface area contributed by atoms with Gasteiger partial charge in [-0.2, -0.15) is 0 Å². The number of esters is 1. The number of carbonyl (C=O) groups is 1. The molecule has 0 radical (unpaired) electrons. The Bertz CT molecular complexity index is 1910. The Labute approximate surface area is 246 Å². The molecular formula is C31H31N5O5S. The van der Waals surface area contributed by atoms with Crippen LogP contribution in [0.5, 0.6) is 0 Å². The molecule has 5 rings (SSSR count). The lowest BCUT2D eigenvalue weighted by atomic mass is 9.95. The second-order valence-corrected chi connectivity index (χ2v) is 11.2. The Hall–Kier alpha value is -4.77. The number of hydrogen-bond acceptors (Lipinski definition) is 8. The van der Waals surface area contributed by atoms with E-state index >= 15 is 0 Å². The highest BCUT2D eigenvalue weighted by Crippen LogP contribution is 2.32. The summed E-state index contributed by atoms with van der Waals surface area (Å²) in [6, 6.07) is 15.4. The van der Waals surface area contributed by atoms with Crippen LogP contribution in [0.15, 0.2) is 75.7 Å². The third-order valence-corrected chi connectivity index (χ3v) is 8.30. The molecule has 0 amide bonds. The summed E-state index contributed by atoms with van der Waals surface area (Å²) in [4.78, 5) is 45.0. The van der Waals surface area contributed by atoms with E-state index in [2.05, 4.69) is 4.99 Å². The van der Waals surface area contributed by atoms with E-state index in [1.54, 1.807) is 30.5 Å². The summed E-state index contributed by atoms with van der Waals surface area (Å²) in [5.41, 5.74) is 5.81. The molecule has 4 aromatic rings. The monoisotopic (exact) mass is 585 g/mol. The molecule has 11 heteroatoms. The van der Waals surface area contributed by atoms with Gasteiger partial charge in [0.25, 0.3) is 11.2 Å². The van der Waals surface area contributed by atoms with Crippen molar-refractivity contribution in [1.29, 1.82) is 0 Å². The van der Waals surface area contributed by atoms with Crippen molar-refractivity contribution in [1.82, 2.24) is 9.13 Å². The molecule has 1 atom stereocenters. The van der Waals surface area contributed by atoms with Crippen molar-refractivity contribution < 1.29 is 14.5 Å². The number of hydrogen-bond donors (Lipinski definition) is 0. The van der Waals surface area contributed by atoms with E-state index in [-0.39, 0.29) is 17.9 Å². The Morgan fingerprint density at radius 3 is 2.38 bits per heavy atom. The number of carbonyl (C=O) groups excluding carboxylic acids is 1. The zero-order chi connectivity index (χ0) is 30.3. The first kappa shape index (κ1) is 28.7. The number of fused-ring (bicyclic) bond motifs is 1. The zero-order valence-corrected chi connectivity index (χ0v) is 25.1. The Morgan fingerprint density at radius 2 is 1.79 bits per heavy atom. The molecule has 0 saturated carbocycles. The predicted octanol–water partition coefficient (Wildman–Crippen LogP) is 4.18. The standard InChI is InChI=1S/C31H31N5O5S/c1-7-41-30(38)27-19(3)32-31-35(28(27)21-8-10-23(11-9-21)33(5)6)29(37)26(42-31)17-22-16-18(2)34(20(22)4)24-12-14-25(15-13-24)36(39)40/h8-17,28H,7H2,1-6H3/b26-17+/t28-/m1/s1. The van der Waals surface area contributed by atoms with Crippen LogP contribution in [0.4, 0.5) is 11.4 Å². The fourth-order valence-corrected chi connectivity index (χ4v) is 6.29. The van der Waals surface area contributed by atoms with Crippen LogP contribution in [0.1, 0.15) is 42.4 Å². The van der Waals surface area contributed by atoms with Crippen LogP contribution < -0.4 is 19.8 Å². The molecule has 0 fully saturated rings. The number of ether oxygens (including phenoxy) is 1. The van der Waals surface area contributed by atoms with Crippen LogP contribution in [0.25, 0.3) is 11.8 Å². The van der Waals surface area contributed by atoms with Crippen molar-refractivity contribution >= 4 is 34.8 Å². The topological polar surface area (TPSA) is 112 Å². The van der Waals surface area contributed by atoms with Crippen LogP contribution in [-0.4, -0.2) is 40.7 Å². The van der Waals surface area contributed by atoms with Crippen molar-refractivity contribution in [3.8, 4) is 5.69 Å². The molecule has 0 bridgehead atoms. The number of aromatic nitrogens is 2. The molecule has 3 heterocycles. The van der Waals surface area contributed by atoms with E-state index < -0.39 is 16.9 Å². The molecule has 0 aliphatic carbocycles. The number of nitro groups is 1.